The van der Waals surface area contributed by atoms with Crippen molar-refractivity contribution in [1.29, 1.82) is 0 Å². The molecule has 2 aliphatic rings. The van der Waals surface area contributed by atoms with E-state index in [9.17, 15) is 0 Å². The standard InChI is InChI=1S/C18H19.C2H4.2ClH.Zr/c1-12-11-18(4,14(3)13(12)2)17-10-9-15-7-5-6-8-16(15)17;1-2;;;/h5-10,17H,1-4H3;1H,2H3;2*1H;. The molecule has 0 bridgehead atoms. The van der Waals surface area contributed by atoms with E-state index in [-0.39, 0.29) is 30.2 Å². The molecular formula is C20H25Cl2Zr. The Morgan fingerprint density at radius 3 is 2.35 bits per heavy atom. The number of hydrogen-bond donors (Lipinski definition) is 0. The minimum atomic E-state index is -0.576. The van der Waals surface area contributed by atoms with E-state index in [1.54, 1.807) is 14.4 Å². The minimum Gasteiger partial charge on any atom is -0.147 e. The van der Waals surface area contributed by atoms with E-state index in [1.807, 2.05) is 0 Å². The van der Waals surface area contributed by atoms with Crippen LogP contribution in [0.5, 0.6) is 0 Å². The normalized spacial score (nSPS) is 25.3. The fraction of sp³-hybridized carbons (Fsp3) is 0.350. The molecule has 1 aromatic carbocycles. The Balaban J connectivity index is 0.00000132. The van der Waals surface area contributed by atoms with Crippen molar-refractivity contribution >= 4 is 34.6 Å². The van der Waals surface area contributed by atoms with Crippen LogP contribution < -0.4 is 0 Å². The third-order valence-electron chi connectivity index (χ3n) is 5.51. The third-order valence-corrected chi connectivity index (χ3v) is 9.13. The van der Waals surface area contributed by atoms with Crippen molar-refractivity contribution in [3.8, 4) is 0 Å². The molecule has 2 aliphatic carbocycles. The van der Waals surface area contributed by atoms with Crippen molar-refractivity contribution in [2.24, 2.45) is 5.41 Å². The van der Waals surface area contributed by atoms with Crippen molar-refractivity contribution in [2.45, 2.75) is 40.5 Å². The Labute approximate surface area is 164 Å². The second-order valence-electron chi connectivity index (χ2n) is 6.35. The summed E-state index contributed by atoms with van der Waals surface area (Å²) in [6, 6.07) is 8.90. The molecule has 0 radical (unpaired) electrons. The maximum atomic E-state index is 2.49. The maximum Gasteiger partial charge on any atom is -0.147 e. The number of benzene rings is 1. The number of hydrogen-bond acceptors (Lipinski definition) is 0. The molecule has 0 saturated carbocycles. The quantitative estimate of drug-likeness (QED) is 0.529. The van der Waals surface area contributed by atoms with Crippen LogP contribution in [0, 0.1) is 5.41 Å². The molecule has 0 saturated heterocycles. The molecule has 0 spiro atoms. The summed E-state index contributed by atoms with van der Waals surface area (Å²) in [4.78, 5) is 0. The van der Waals surface area contributed by atoms with E-state index in [0.29, 0.717) is 5.92 Å². The molecule has 2 unspecified atom stereocenters. The zero-order chi connectivity index (χ0) is 15.2. The van der Waals surface area contributed by atoms with Crippen LogP contribution in [0.1, 0.15) is 51.7 Å². The second-order valence-corrected chi connectivity index (χ2v) is 9.71. The number of rotatable bonds is 2. The van der Waals surface area contributed by atoms with Gasteiger partial charge in [0.25, 0.3) is 0 Å². The summed E-state index contributed by atoms with van der Waals surface area (Å²) < 4.78 is 4.24. The fourth-order valence-corrected chi connectivity index (χ4v) is 7.26. The molecule has 123 valence electrons. The summed E-state index contributed by atoms with van der Waals surface area (Å²) in [5.74, 6) is 0.511. The predicted octanol–water partition coefficient (Wildman–Crippen LogP) is 6.18. The Bertz CT molecular complexity index is 725. The van der Waals surface area contributed by atoms with E-state index < -0.39 is 22.8 Å². The summed E-state index contributed by atoms with van der Waals surface area (Å²) >= 11 is -0.576. The van der Waals surface area contributed by atoms with Gasteiger partial charge in [-0.3, -0.25) is 0 Å². The first-order valence-electron chi connectivity index (χ1n) is 7.73. The first-order chi connectivity index (χ1) is 10.0. The average molecular weight is 428 g/mol. The van der Waals surface area contributed by atoms with Gasteiger partial charge >= 0.3 is 140 Å². The van der Waals surface area contributed by atoms with Crippen molar-refractivity contribution in [3.63, 3.8) is 0 Å². The largest absolute Gasteiger partial charge is 0.147 e. The molecule has 0 heterocycles. The zero-order valence-electron chi connectivity index (χ0n) is 14.4. The topological polar surface area (TPSA) is 0 Å². The van der Waals surface area contributed by atoms with Crippen LogP contribution in [0.2, 0.25) is 0 Å². The molecule has 0 nitrogen and oxygen atoms in total. The van der Waals surface area contributed by atoms with Gasteiger partial charge in [-0.25, -0.2) is 0 Å². The van der Waals surface area contributed by atoms with Gasteiger partial charge in [0, 0.05) is 0 Å². The van der Waals surface area contributed by atoms with Gasteiger partial charge in [0.15, 0.2) is 0 Å². The van der Waals surface area contributed by atoms with Gasteiger partial charge in [-0.2, -0.15) is 0 Å². The Morgan fingerprint density at radius 1 is 1.04 bits per heavy atom. The van der Waals surface area contributed by atoms with Crippen LogP contribution in [0.4, 0.5) is 0 Å². The molecule has 0 aromatic heterocycles. The van der Waals surface area contributed by atoms with Crippen LogP contribution in [-0.2, 0) is 22.8 Å². The fourth-order valence-electron chi connectivity index (χ4n) is 3.98. The smallest absolute Gasteiger partial charge is 0.147 e. The minimum absolute atomic E-state index is 0. The predicted molar refractivity (Wildman–Crippen MR) is 104 cm³/mol. The monoisotopic (exact) mass is 425 g/mol. The SMILES string of the molecule is C/[CH]=[Zr]/[C]1=C(C)C(C)=C(C)C1(C)C1C=Cc2ccccc21.Cl.Cl. The Kier molecular flexibility index (Phi) is 7.03. The first kappa shape index (κ1) is 20.8. The number of halogens is 2. The second kappa shape index (κ2) is 7.77. The van der Waals surface area contributed by atoms with Crippen molar-refractivity contribution < 1.29 is 22.8 Å². The van der Waals surface area contributed by atoms with Crippen LogP contribution in [0.3, 0.4) is 0 Å². The Hall–Kier alpha value is -0.227. The summed E-state index contributed by atoms with van der Waals surface area (Å²) in [6.07, 6.45) is 4.76. The number of allylic oxidation sites excluding steroid dienone is 5. The van der Waals surface area contributed by atoms with Gasteiger partial charge in [0.1, 0.15) is 0 Å². The third kappa shape index (κ3) is 3.06. The number of fused-ring (bicyclic) bond motifs is 1. The van der Waals surface area contributed by atoms with Crippen LogP contribution in [-0.4, -0.2) is 3.71 Å². The summed E-state index contributed by atoms with van der Waals surface area (Å²) in [7, 11) is 0. The first-order valence-corrected chi connectivity index (χ1v) is 10.4. The van der Waals surface area contributed by atoms with Gasteiger partial charge in [0.05, 0.1) is 0 Å². The van der Waals surface area contributed by atoms with Crippen molar-refractivity contribution in [2.75, 3.05) is 0 Å². The van der Waals surface area contributed by atoms with Crippen molar-refractivity contribution in [3.05, 3.63) is 61.5 Å². The van der Waals surface area contributed by atoms with E-state index in [4.69, 9.17) is 0 Å². The van der Waals surface area contributed by atoms with Gasteiger partial charge in [0.2, 0.25) is 0 Å². The van der Waals surface area contributed by atoms with E-state index in [1.165, 1.54) is 16.7 Å². The van der Waals surface area contributed by atoms with Gasteiger partial charge in [-0.05, 0) is 0 Å². The molecule has 0 aliphatic heterocycles. The molecule has 3 rings (SSSR count). The molecular weight excluding hydrogens is 402 g/mol. The molecule has 23 heavy (non-hydrogen) atoms. The summed E-state index contributed by atoms with van der Waals surface area (Å²) in [6.45, 7) is 11.7. The molecule has 0 N–H and O–H groups in total. The average Bonchev–Trinajstić information content (AvgIpc) is 2.99. The zero-order valence-corrected chi connectivity index (χ0v) is 18.5. The summed E-state index contributed by atoms with van der Waals surface area (Å²) in [5.41, 5.74) is 7.82. The molecule has 0 amide bonds. The van der Waals surface area contributed by atoms with Crippen LogP contribution >= 0.6 is 24.8 Å². The summed E-state index contributed by atoms with van der Waals surface area (Å²) in [5, 5.41) is 0. The molecule has 1 aromatic rings. The van der Waals surface area contributed by atoms with Crippen LogP contribution in [0.25, 0.3) is 6.08 Å². The van der Waals surface area contributed by atoms with E-state index in [0.717, 1.165) is 0 Å². The van der Waals surface area contributed by atoms with E-state index in [2.05, 4.69) is 74.7 Å². The molecule has 3 heteroatoms. The Morgan fingerprint density at radius 2 is 1.70 bits per heavy atom. The van der Waals surface area contributed by atoms with Gasteiger partial charge < -0.3 is 0 Å². The molecule has 2 atom stereocenters. The molecule has 0 fully saturated rings. The van der Waals surface area contributed by atoms with E-state index >= 15 is 0 Å². The van der Waals surface area contributed by atoms with Gasteiger partial charge in [-0.15, -0.1) is 24.8 Å². The van der Waals surface area contributed by atoms with Crippen LogP contribution in [0.15, 0.2) is 50.3 Å². The van der Waals surface area contributed by atoms with Crippen molar-refractivity contribution in [1.82, 2.24) is 0 Å². The maximum absolute atomic E-state index is 2.49. The van der Waals surface area contributed by atoms with Gasteiger partial charge in [-0.1, -0.05) is 0 Å².